The van der Waals surface area contributed by atoms with Gasteiger partial charge in [0.05, 0.1) is 0 Å². The minimum absolute atomic E-state index is 0. The number of benzene rings is 1. The summed E-state index contributed by atoms with van der Waals surface area (Å²) in [5, 5.41) is 18.7. The molecule has 4 nitrogen and oxygen atoms in total. The zero-order valence-electron chi connectivity index (χ0n) is 10.4. The first-order chi connectivity index (χ1) is 8.55. The molecule has 0 bridgehead atoms. The number of carboxylic acid groups (broad SMARTS) is 2. The summed E-state index contributed by atoms with van der Waals surface area (Å²) in [7, 11) is 0. The summed E-state index contributed by atoms with van der Waals surface area (Å²) in [5.74, 6) is -2.59. The fourth-order valence-corrected chi connectivity index (χ4v) is 2.06. The third-order valence-electron chi connectivity index (χ3n) is 3.15. The number of rotatable bonds is 7. The minimum atomic E-state index is -1.82. The Morgan fingerprint density at radius 1 is 1.05 bits per heavy atom. The van der Waals surface area contributed by atoms with E-state index in [-0.39, 0.29) is 55.3 Å². The van der Waals surface area contributed by atoms with E-state index < -0.39 is 17.4 Å². The number of aliphatic carboxylic acids is 2. The standard InChI is InChI=1S/C14H18O4.Ba.2H/c1-2-3-7-10-14(12(15)16,13(17)18)11-8-5-4-6-9-11;;;/h4-6,8-9H,2-3,7,10H2,1H3,(H,15,16)(H,17,18);;;. The molecule has 0 saturated heterocycles. The Kier molecular flexibility index (Phi) is 8.69. The summed E-state index contributed by atoms with van der Waals surface area (Å²) in [6.45, 7) is 1.99. The Morgan fingerprint density at radius 2 is 1.58 bits per heavy atom. The molecule has 0 heterocycles. The van der Waals surface area contributed by atoms with Gasteiger partial charge in [0, 0.05) is 0 Å². The molecule has 2 N–H and O–H groups in total. The van der Waals surface area contributed by atoms with Crippen LogP contribution >= 0.6 is 0 Å². The van der Waals surface area contributed by atoms with Gasteiger partial charge in [-0.25, -0.2) is 0 Å². The molecule has 0 aliphatic heterocycles. The quantitative estimate of drug-likeness (QED) is 0.423. The molecule has 0 amide bonds. The van der Waals surface area contributed by atoms with Crippen molar-refractivity contribution < 1.29 is 19.8 Å². The number of hydrogen-bond donors (Lipinski definition) is 2. The average Bonchev–Trinajstić information content (AvgIpc) is 2.35. The van der Waals surface area contributed by atoms with Gasteiger partial charge in [-0.3, -0.25) is 9.59 Å². The molecule has 102 valence electrons. The zero-order chi connectivity index (χ0) is 13.6. The molecule has 1 aromatic rings. The summed E-state index contributed by atoms with van der Waals surface area (Å²) in [6, 6.07) is 8.19. The van der Waals surface area contributed by atoms with Gasteiger partial charge in [-0.1, -0.05) is 56.5 Å². The van der Waals surface area contributed by atoms with Gasteiger partial charge in [-0.2, -0.15) is 0 Å². The van der Waals surface area contributed by atoms with Crippen LogP contribution in [0.5, 0.6) is 0 Å². The van der Waals surface area contributed by atoms with Gasteiger partial charge >= 0.3 is 60.8 Å². The molecule has 0 fully saturated rings. The van der Waals surface area contributed by atoms with Gasteiger partial charge in [-0.15, -0.1) is 0 Å². The molecule has 5 heteroatoms. The summed E-state index contributed by atoms with van der Waals surface area (Å²) in [4.78, 5) is 23.0. The molecule has 0 spiro atoms. The predicted octanol–water partition coefficient (Wildman–Crippen LogP) is 1.76. The Labute approximate surface area is 153 Å². The predicted molar refractivity (Wildman–Crippen MR) is 76.1 cm³/mol. The van der Waals surface area contributed by atoms with E-state index in [1.54, 1.807) is 30.3 Å². The second kappa shape index (κ2) is 8.81. The molecule has 0 aromatic heterocycles. The maximum absolute atomic E-state index is 11.5. The van der Waals surface area contributed by atoms with Crippen LogP contribution in [-0.4, -0.2) is 71.0 Å². The summed E-state index contributed by atoms with van der Waals surface area (Å²) in [6.07, 6.45) is 2.46. The third kappa shape index (κ3) is 4.36. The van der Waals surface area contributed by atoms with Crippen LogP contribution in [-0.2, 0) is 15.0 Å². The van der Waals surface area contributed by atoms with Crippen molar-refractivity contribution in [2.75, 3.05) is 0 Å². The molecular weight excluding hydrogens is 369 g/mol. The first-order valence-corrected chi connectivity index (χ1v) is 6.08. The van der Waals surface area contributed by atoms with Crippen LogP contribution in [0.25, 0.3) is 0 Å². The number of carbonyl (C=O) groups is 2. The van der Waals surface area contributed by atoms with Crippen molar-refractivity contribution in [1.82, 2.24) is 0 Å². The van der Waals surface area contributed by atoms with E-state index >= 15 is 0 Å². The van der Waals surface area contributed by atoms with Crippen molar-refractivity contribution in [1.29, 1.82) is 0 Å². The van der Waals surface area contributed by atoms with Crippen LogP contribution in [0.3, 0.4) is 0 Å². The molecular formula is C14H20BaO4. The molecule has 0 saturated carbocycles. The first-order valence-electron chi connectivity index (χ1n) is 6.08. The zero-order valence-corrected chi connectivity index (χ0v) is 10.4. The second-order valence-corrected chi connectivity index (χ2v) is 4.34. The van der Waals surface area contributed by atoms with E-state index in [4.69, 9.17) is 0 Å². The van der Waals surface area contributed by atoms with E-state index in [0.29, 0.717) is 12.0 Å². The van der Waals surface area contributed by atoms with Crippen molar-refractivity contribution in [2.45, 2.75) is 38.0 Å². The van der Waals surface area contributed by atoms with Gasteiger partial charge in [0.1, 0.15) is 0 Å². The SMILES string of the molecule is CCCCCC(C(=O)O)(C(=O)O)c1ccccc1.[BaH2]. The number of hydrogen-bond acceptors (Lipinski definition) is 2. The van der Waals surface area contributed by atoms with E-state index in [1.165, 1.54) is 0 Å². The topological polar surface area (TPSA) is 74.6 Å². The first kappa shape index (κ1) is 18.7. The Bertz CT molecular complexity index is 403. The molecule has 0 atom stereocenters. The van der Waals surface area contributed by atoms with Gasteiger partial charge in [-0.05, 0) is 12.0 Å². The van der Waals surface area contributed by atoms with Crippen molar-refractivity contribution in [3.8, 4) is 0 Å². The monoisotopic (exact) mass is 390 g/mol. The molecule has 1 aromatic carbocycles. The molecule has 0 unspecified atom stereocenters. The van der Waals surface area contributed by atoms with Crippen LogP contribution in [0.4, 0.5) is 0 Å². The summed E-state index contributed by atoms with van der Waals surface area (Å²) >= 11 is 0. The van der Waals surface area contributed by atoms with Crippen molar-refractivity contribution in [3.05, 3.63) is 35.9 Å². The summed E-state index contributed by atoms with van der Waals surface area (Å²) in [5.41, 5.74) is -1.49. The Morgan fingerprint density at radius 3 is 2.00 bits per heavy atom. The summed E-state index contributed by atoms with van der Waals surface area (Å²) < 4.78 is 0. The van der Waals surface area contributed by atoms with Crippen LogP contribution in [0, 0.1) is 0 Å². The van der Waals surface area contributed by atoms with E-state index in [9.17, 15) is 19.8 Å². The van der Waals surface area contributed by atoms with Crippen molar-refractivity contribution in [3.63, 3.8) is 0 Å². The van der Waals surface area contributed by atoms with Crippen LogP contribution in [0.2, 0.25) is 0 Å². The fraction of sp³-hybridized carbons (Fsp3) is 0.429. The Hall–Kier alpha value is -0.269. The number of unbranched alkanes of at least 4 members (excludes halogenated alkanes) is 2. The third-order valence-corrected chi connectivity index (χ3v) is 3.15. The van der Waals surface area contributed by atoms with Crippen molar-refractivity contribution in [2.24, 2.45) is 0 Å². The van der Waals surface area contributed by atoms with E-state index in [0.717, 1.165) is 12.8 Å². The van der Waals surface area contributed by atoms with Gasteiger partial charge < -0.3 is 10.2 Å². The molecule has 1 rings (SSSR count). The van der Waals surface area contributed by atoms with Crippen LogP contribution in [0.1, 0.15) is 38.2 Å². The van der Waals surface area contributed by atoms with Crippen LogP contribution in [0.15, 0.2) is 30.3 Å². The van der Waals surface area contributed by atoms with Crippen molar-refractivity contribution >= 4 is 60.8 Å². The van der Waals surface area contributed by atoms with E-state index in [1.807, 2.05) is 6.92 Å². The number of carboxylic acids is 2. The normalized spacial score (nSPS) is 10.6. The molecule has 19 heavy (non-hydrogen) atoms. The van der Waals surface area contributed by atoms with Gasteiger partial charge in [0.15, 0.2) is 5.41 Å². The molecule has 0 radical (unpaired) electrons. The Balaban J connectivity index is 0.00000324. The average molecular weight is 390 g/mol. The van der Waals surface area contributed by atoms with Crippen LogP contribution < -0.4 is 0 Å². The molecule has 0 aliphatic carbocycles. The van der Waals surface area contributed by atoms with E-state index in [2.05, 4.69) is 0 Å². The fourth-order valence-electron chi connectivity index (χ4n) is 2.06. The van der Waals surface area contributed by atoms with Gasteiger partial charge in [0.25, 0.3) is 0 Å². The second-order valence-electron chi connectivity index (χ2n) is 4.34. The maximum atomic E-state index is 11.5. The van der Waals surface area contributed by atoms with Gasteiger partial charge in [0.2, 0.25) is 0 Å². The molecule has 0 aliphatic rings.